The van der Waals surface area contributed by atoms with Crippen LogP contribution in [0.3, 0.4) is 0 Å². The molecule has 0 radical (unpaired) electrons. The highest BCUT2D eigenvalue weighted by atomic mass is 16.5. The number of para-hydroxylation sites is 1. The van der Waals surface area contributed by atoms with Crippen LogP contribution in [0.1, 0.15) is 12.0 Å². The third kappa shape index (κ3) is 3.85. The van der Waals surface area contributed by atoms with Gasteiger partial charge in [0.05, 0.1) is 17.9 Å². The van der Waals surface area contributed by atoms with E-state index in [1.165, 1.54) is 0 Å². The van der Waals surface area contributed by atoms with Gasteiger partial charge in [-0.15, -0.1) is 0 Å². The van der Waals surface area contributed by atoms with Gasteiger partial charge < -0.3 is 10.5 Å². The van der Waals surface area contributed by atoms with Crippen LogP contribution in [-0.4, -0.2) is 39.7 Å². The fourth-order valence-electron chi connectivity index (χ4n) is 3.61. The molecule has 0 aliphatic carbocycles. The number of nitrogens with one attached hydrogen (secondary N) is 1. The number of nitrogens with zero attached hydrogens (tertiary/aromatic N) is 2. The summed E-state index contributed by atoms with van der Waals surface area (Å²) < 4.78 is 6.05. The second kappa shape index (κ2) is 7.63. The Hall–Kier alpha value is -3.12. The number of amides is 1. The van der Waals surface area contributed by atoms with Gasteiger partial charge in [-0.3, -0.25) is 14.8 Å². The van der Waals surface area contributed by atoms with E-state index in [4.69, 9.17) is 10.5 Å². The third-order valence-electron chi connectivity index (χ3n) is 4.89. The van der Waals surface area contributed by atoms with Gasteiger partial charge in [0.1, 0.15) is 11.9 Å². The number of hydrogen-bond donors (Lipinski definition) is 2. The number of aromatic nitrogens is 2. The summed E-state index contributed by atoms with van der Waals surface area (Å²) in [6.45, 7) is 1.23. The van der Waals surface area contributed by atoms with Gasteiger partial charge in [-0.05, 0) is 17.7 Å². The van der Waals surface area contributed by atoms with Crippen molar-refractivity contribution in [1.29, 1.82) is 0 Å². The fourth-order valence-corrected chi connectivity index (χ4v) is 3.61. The normalized spacial score (nSPS) is 19.9. The summed E-state index contributed by atoms with van der Waals surface area (Å²) in [6.07, 6.45) is 2.33. The first-order chi connectivity index (χ1) is 13.2. The zero-order valence-corrected chi connectivity index (χ0v) is 14.9. The van der Waals surface area contributed by atoms with E-state index in [0.29, 0.717) is 19.5 Å². The highest BCUT2D eigenvalue weighted by Crippen LogP contribution is 2.27. The third-order valence-corrected chi connectivity index (χ3v) is 4.89. The second-order valence-electron chi connectivity index (χ2n) is 6.77. The average Bonchev–Trinajstić information content (AvgIpc) is 3.31. The van der Waals surface area contributed by atoms with E-state index in [-0.39, 0.29) is 18.1 Å². The molecule has 2 heterocycles. The Balaban J connectivity index is 1.51. The minimum Gasteiger partial charge on any atom is -0.489 e. The van der Waals surface area contributed by atoms with Gasteiger partial charge in [0.2, 0.25) is 5.91 Å². The van der Waals surface area contributed by atoms with Crippen LogP contribution in [0.2, 0.25) is 0 Å². The molecule has 3 N–H and O–H groups in total. The lowest BCUT2D eigenvalue weighted by Gasteiger charge is -2.21. The number of H-pyrrole nitrogens is 1. The Morgan fingerprint density at radius 3 is 2.56 bits per heavy atom. The number of carbonyl (C=O) groups excluding carboxylic acids is 1. The Labute approximate surface area is 158 Å². The maximum atomic E-state index is 12.0. The molecule has 6 heteroatoms. The van der Waals surface area contributed by atoms with Crippen LogP contribution in [0.15, 0.2) is 66.9 Å². The van der Waals surface area contributed by atoms with E-state index >= 15 is 0 Å². The Morgan fingerprint density at radius 2 is 1.85 bits per heavy atom. The molecule has 27 heavy (non-hydrogen) atoms. The van der Waals surface area contributed by atoms with E-state index in [9.17, 15) is 4.79 Å². The summed E-state index contributed by atoms with van der Waals surface area (Å²) in [5.74, 6) is 0.486. The molecule has 1 aliphatic rings. The SMILES string of the molecule is NC(=O)[C@@H]1C[C@H](Oc2ccccc2)CN1Cc1cn[nH]c1-c1ccccc1. The zero-order chi connectivity index (χ0) is 18.6. The maximum Gasteiger partial charge on any atom is 0.234 e. The van der Waals surface area contributed by atoms with Gasteiger partial charge in [0, 0.05) is 25.1 Å². The van der Waals surface area contributed by atoms with Crippen LogP contribution >= 0.6 is 0 Å². The minimum atomic E-state index is -0.350. The van der Waals surface area contributed by atoms with Crippen molar-refractivity contribution in [3.8, 4) is 17.0 Å². The second-order valence-corrected chi connectivity index (χ2v) is 6.77. The molecule has 1 fully saturated rings. The molecular weight excluding hydrogens is 340 g/mol. The van der Waals surface area contributed by atoms with Crippen molar-refractivity contribution < 1.29 is 9.53 Å². The predicted molar refractivity (Wildman–Crippen MR) is 103 cm³/mol. The molecule has 2 atom stereocenters. The van der Waals surface area contributed by atoms with Crippen molar-refractivity contribution in [1.82, 2.24) is 15.1 Å². The van der Waals surface area contributed by atoms with Crippen molar-refractivity contribution in [3.05, 3.63) is 72.4 Å². The Kier molecular flexibility index (Phi) is 4.89. The molecule has 3 aromatic rings. The number of rotatable bonds is 6. The van der Waals surface area contributed by atoms with Gasteiger partial charge in [0.25, 0.3) is 0 Å². The Bertz CT molecular complexity index is 895. The number of ether oxygens (including phenoxy) is 1. The molecule has 1 aromatic heterocycles. The molecule has 0 unspecified atom stereocenters. The standard InChI is InChI=1S/C21H22N4O2/c22-21(26)19-11-18(27-17-9-5-2-6-10-17)14-25(19)13-16-12-23-24-20(16)15-7-3-1-4-8-15/h1-10,12,18-19H,11,13-14H2,(H2,22,26)(H,23,24)/t18-,19-/m0/s1. The molecule has 0 bridgehead atoms. The zero-order valence-electron chi connectivity index (χ0n) is 14.9. The largest absolute Gasteiger partial charge is 0.489 e. The van der Waals surface area contributed by atoms with Crippen molar-refractivity contribution in [2.24, 2.45) is 5.73 Å². The number of benzene rings is 2. The lowest BCUT2D eigenvalue weighted by Crippen LogP contribution is -2.39. The van der Waals surface area contributed by atoms with Crippen molar-refractivity contribution in [2.75, 3.05) is 6.54 Å². The molecule has 6 nitrogen and oxygen atoms in total. The van der Waals surface area contributed by atoms with E-state index in [2.05, 4.69) is 15.1 Å². The molecule has 0 saturated carbocycles. The molecule has 0 spiro atoms. The molecular formula is C21H22N4O2. The van der Waals surface area contributed by atoms with Crippen LogP contribution in [0.25, 0.3) is 11.3 Å². The van der Waals surface area contributed by atoms with Crippen LogP contribution in [0, 0.1) is 0 Å². The van der Waals surface area contributed by atoms with Crippen LogP contribution < -0.4 is 10.5 Å². The van der Waals surface area contributed by atoms with Gasteiger partial charge in [-0.2, -0.15) is 5.10 Å². The molecule has 1 amide bonds. The van der Waals surface area contributed by atoms with Crippen molar-refractivity contribution in [2.45, 2.75) is 25.1 Å². The lowest BCUT2D eigenvalue weighted by atomic mass is 10.1. The highest BCUT2D eigenvalue weighted by molar-refractivity contribution is 5.80. The number of nitrogens with two attached hydrogens (primary N) is 1. The molecule has 1 aliphatic heterocycles. The number of primary amides is 1. The molecule has 138 valence electrons. The summed E-state index contributed by atoms with van der Waals surface area (Å²) >= 11 is 0. The summed E-state index contributed by atoms with van der Waals surface area (Å²) in [7, 11) is 0. The first-order valence-corrected chi connectivity index (χ1v) is 9.03. The Morgan fingerprint density at radius 1 is 1.15 bits per heavy atom. The summed E-state index contributed by atoms with van der Waals surface area (Å²) in [4.78, 5) is 14.1. The quantitative estimate of drug-likeness (QED) is 0.706. The number of aromatic amines is 1. The number of hydrogen-bond acceptors (Lipinski definition) is 4. The smallest absolute Gasteiger partial charge is 0.234 e. The van der Waals surface area contributed by atoms with E-state index in [0.717, 1.165) is 22.6 Å². The lowest BCUT2D eigenvalue weighted by molar-refractivity contribution is -0.122. The topological polar surface area (TPSA) is 84.2 Å². The van der Waals surface area contributed by atoms with Crippen LogP contribution in [0.5, 0.6) is 5.75 Å². The monoisotopic (exact) mass is 362 g/mol. The van der Waals surface area contributed by atoms with Crippen molar-refractivity contribution in [3.63, 3.8) is 0 Å². The van der Waals surface area contributed by atoms with E-state index in [1.54, 1.807) is 0 Å². The van der Waals surface area contributed by atoms with Crippen LogP contribution in [0.4, 0.5) is 0 Å². The van der Waals surface area contributed by atoms with Gasteiger partial charge in [0.15, 0.2) is 0 Å². The van der Waals surface area contributed by atoms with Gasteiger partial charge in [-0.1, -0.05) is 48.5 Å². The van der Waals surface area contributed by atoms with Gasteiger partial charge in [-0.25, -0.2) is 0 Å². The molecule has 2 aromatic carbocycles. The molecule has 1 saturated heterocycles. The number of likely N-dealkylation sites (tertiary alicyclic amines) is 1. The fraction of sp³-hybridized carbons (Fsp3) is 0.238. The predicted octanol–water partition coefficient (Wildman–Crippen LogP) is 2.58. The van der Waals surface area contributed by atoms with Gasteiger partial charge >= 0.3 is 0 Å². The van der Waals surface area contributed by atoms with E-state index in [1.807, 2.05) is 66.9 Å². The van der Waals surface area contributed by atoms with Crippen LogP contribution in [-0.2, 0) is 11.3 Å². The minimum absolute atomic E-state index is 0.0722. The summed E-state index contributed by atoms with van der Waals surface area (Å²) in [6, 6.07) is 19.4. The average molecular weight is 362 g/mol. The first-order valence-electron chi connectivity index (χ1n) is 9.03. The number of carbonyl (C=O) groups is 1. The molecule has 4 rings (SSSR count). The maximum absolute atomic E-state index is 12.0. The highest BCUT2D eigenvalue weighted by Gasteiger charge is 2.37. The summed E-state index contributed by atoms with van der Waals surface area (Å²) in [5.41, 5.74) is 8.73. The summed E-state index contributed by atoms with van der Waals surface area (Å²) in [5, 5.41) is 7.27. The first kappa shape index (κ1) is 17.3. The van der Waals surface area contributed by atoms with E-state index < -0.39 is 0 Å². The van der Waals surface area contributed by atoms with Crippen molar-refractivity contribution >= 4 is 5.91 Å².